The number of halogens is 1. The summed E-state index contributed by atoms with van der Waals surface area (Å²) in [5, 5.41) is 12.2. The van der Waals surface area contributed by atoms with Crippen molar-refractivity contribution in [1.82, 2.24) is 9.38 Å². The summed E-state index contributed by atoms with van der Waals surface area (Å²) in [5.74, 6) is -0.0187. The fourth-order valence-corrected chi connectivity index (χ4v) is 3.62. The molecule has 0 saturated carbocycles. The lowest BCUT2D eigenvalue weighted by Gasteiger charge is -1.99. The van der Waals surface area contributed by atoms with Crippen molar-refractivity contribution in [2.45, 2.75) is 0 Å². The van der Waals surface area contributed by atoms with Crippen LogP contribution in [0.4, 0.5) is 5.82 Å². The van der Waals surface area contributed by atoms with Crippen LogP contribution >= 0.6 is 22.9 Å². The number of nitrogens with zero attached hydrogens (tertiary/aromatic N) is 3. The van der Waals surface area contributed by atoms with Crippen molar-refractivity contribution in [3.05, 3.63) is 63.7 Å². The SMILES string of the molecule is O=[N+]([O-])c1c(-c2ccc(Cl)cc2)nc2sc3ccccc3n12. The second-order valence-electron chi connectivity index (χ2n) is 4.74. The van der Waals surface area contributed by atoms with E-state index in [-0.39, 0.29) is 10.7 Å². The number of hydrogen-bond acceptors (Lipinski definition) is 4. The molecular weight excluding hydrogens is 322 g/mol. The van der Waals surface area contributed by atoms with Gasteiger partial charge in [-0.1, -0.05) is 47.2 Å². The van der Waals surface area contributed by atoms with E-state index in [1.807, 2.05) is 24.3 Å². The van der Waals surface area contributed by atoms with E-state index < -0.39 is 0 Å². The molecule has 0 bridgehead atoms. The van der Waals surface area contributed by atoms with Gasteiger partial charge in [-0.25, -0.2) is 0 Å². The Kier molecular flexibility index (Phi) is 2.88. The Labute approximate surface area is 133 Å². The second-order valence-corrected chi connectivity index (χ2v) is 6.18. The summed E-state index contributed by atoms with van der Waals surface area (Å²) in [7, 11) is 0. The monoisotopic (exact) mass is 329 g/mol. The maximum atomic E-state index is 11.6. The zero-order valence-corrected chi connectivity index (χ0v) is 12.6. The van der Waals surface area contributed by atoms with Gasteiger partial charge in [-0.15, -0.1) is 0 Å². The van der Waals surface area contributed by atoms with Gasteiger partial charge in [-0.05, 0) is 29.2 Å². The lowest BCUT2D eigenvalue weighted by Crippen LogP contribution is -1.95. The van der Waals surface area contributed by atoms with E-state index in [4.69, 9.17) is 11.6 Å². The Hall–Kier alpha value is -2.44. The standard InChI is InChI=1S/C15H8ClN3O2S/c16-10-7-5-9(6-8-10)13-14(19(20)21)18-11-3-1-2-4-12(11)22-15(18)17-13/h1-8H. The molecule has 0 spiro atoms. The highest BCUT2D eigenvalue weighted by atomic mass is 35.5. The molecule has 0 aliphatic carbocycles. The van der Waals surface area contributed by atoms with Gasteiger partial charge < -0.3 is 10.1 Å². The summed E-state index contributed by atoms with van der Waals surface area (Å²) < 4.78 is 2.57. The third-order valence-electron chi connectivity index (χ3n) is 3.42. The predicted molar refractivity (Wildman–Crippen MR) is 87.7 cm³/mol. The van der Waals surface area contributed by atoms with Crippen molar-refractivity contribution in [2.75, 3.05) is 0 Å². The number of rotatable bonds is 2. The van der Waals surface area contributed by atoms with Gasteiger partial charge in [0.15, 0.2) is 11.2 Å². The zero-order valence-electron chi connectivity index (χ0n) is 11.1. The Morgan fingerprint density at radius 2 is 1.86 bits per heavy atom. The Balaban J connectivity index is 2.09. The highest BCUT2D eigenvalue weighted by molar-refractivity contribution is 7.23. The Bertz CT molecular complexity index is 1020. The molecule has 22 heavy (non-hydrogen) atoms. The molecule has 0 atom stereocenters. The maximum Gasteiger partial charge on any atom is 0.357 e. The van der Waals surface area contributed by atoms with Crippen molar-refractivity contribution in [1.29, 1.82) is 0 Å². The highest BCUT2D eigenvalue weighted by Gasteiger charge is 2.27. The van der Waals surface area contributed by atoms with Crippen molar-refractivity contribution >= 4 is 43.9 Å². The normalized spacial score (nSPS) is 11.3. The molecule has 0 saturated heterocycles. The molecule has 2 heterocycles. The predicted octanol–water partition coefficient (Wildman–Crippen LogP) is 4.78. The number of hydrogen-bond donors (Lipinski definition) is 0. The third kappa shape index (κ3) is 1.88. The van der Waals surface area contributed by atoms with Crippen molar-refractivity contribution in [3.63, 3.8) is 0 Å². The van der Waals surface area contributed by atoms with Gasteiger partial charge in [0.05, 0.1) is 4.70 Å². The molecule has 4 rings (SSSR count). The largest absolute Gasteiger partial charge is 0.358 e. The Morgan fingerprint density at radius 1 is 1.14 bits per heavy atom. The first kappa shape index (κ1) is 13.2. The first-order valence-electron chi connectivity index (χ1n) is 6.45. The van der Waals surface area contributed by atoms with Crippen molar-refractivity contribution in [2.24, 2.45) is 0 Å². The number of aromatic nitrogens is 2. The Morgan fingerprint density at radius 3 is 2.59 bits per heavy atom. The maximum absolute atomic E-state index is 11.6. The van der Waals surface area contributed by atoms with Gasteiger partial charge in [0.2, 0.25) is 0 Å². The van der Waals surface area contributed by atoms with Crippen molar-refractivity contribution in [3.8, 4) is 11.3 Å². The summed E-state index contributed by atoms with van der Waals surface area (Å²) in [5.41, 5.74) is 1.83. The minimum Gasteiger partial charge on any atom is -0.358 e. The van der Waals surface area contributed by atoms with Gasteiger partial charge in [0.25, 0.3) is 4.96 Å². The fraction of sp³-hybridized carbons (Fsp3) is 0. The first-order chi connectivity index (χ1) is 10.6. The van der Waals surface area contributed by atoms with E-state index >= 15 is 0 Å². The lowest BCUT2D eigenvalue weighted by atomic mass is 10.1. The van der Waals surface area contributed by atoms with E-state index in [0.717, 1.165) is 10.2 Å². The summed E-state index contributed by atoms with van der Waals surface area (Å²) in [4.78, 5) is 16.3. The van der Waals surface area contributed by atoms with Gasteiger partial charge in [0, 0.05) is 10.6 Å². The summed E-state index contributed by atoms with van der Waals surface area (Å²) in [6, 6.07) is 14.4. The van der Waals surface area contributed by atoms with E-state index in [9.17, 15) is 10.1 Å². The first-order valence-corrected chi connectivity index (χ1v) is 7.65. The molecule has 0 N–H and O–H groups in total. The molecule has 108 valence electrons. The average molecular weight is 330 g/mol. The smallest absolute Gasteiger partial charge is 0.357 e. The van der Waals surface area contributed by atoms with E-state index in [1.54, 1.807) is 28.7 Å². The summed E-state index contributed by atoms with van der Waals surface area (Å²) in [6.45, 7) is 0. The van der Waals surface area contributed by atoms with Crippen LogP contribution in [0, 0.1) is 10.1 Å². The van der Waals surface area contributed by atoms with E-state index in [1.165, 1.54) is 11.3 Å². The number of nitro groups is 1. The molecule has 0 amide bonds. The minimum absolute atomic E-state index is 0.0187. The van der Waals surface area contributed by atoms with Gasteiger partial charge in [-0.3, -0.25) is 0 Å². The highest BCUT2D eigenvalue weighted by Crippen LogP contribution is 2.37. The average Bonchev–Trinajstić information content (AvgIpc) is 3.03. The second kappa shape index (κ2) is 4.79. The molecule has 0 aliphatic heterocycles. The van der Waals surface area contributed by atoms with Gasteiger partial charge in [-0.2, -0.15) is 9.38 Å². The topological polar surface area (TPSA) is 60.4 Å². The quantitative estimate of drug-likeness (QED) is 0.393. The van der Waals surface area contributed by atoms with Crippen LogP contribution in [0.15, 0.2) is 48.5 Å². The molecule has 0 unspecified atom stereocenters. The zero-order chi connectivity index (χ0) is 15.3. The van der Waals surface area contributed by atoms with E-state index in [0.29, 0.717) is 21.2 Å². The number of para-hydroxylation sites is 1. The molecule has 0 aliphatic rings. The van der Waals surface area contributed by atoms with Crippen LogP contribution in [-0.4, -0.2) is 14.3 Å². The lowest BCUT2D eigenvalue weighted by molar-refractivity contribution is -0.389. The number of benzene rings is 2. The molecule has 0 radical (unpaired) electrons. The molecular formula is C15H8ClN3O2S. The summed E-state index contributed by atoms with van der Waals surface area (Å²) >= 11 is 7.31. The number of imidazole rings is 1. The minimum atomic E-state index is -0.386. The van der Waals surface area contributed by atoms with Crippen LogP contribution in [0.25, 0.3) is 26.4 Å². The molecule has 2 aromatic carbocycles. The molecule has 2 aromatic heterocycles. The fourth-order valence-electron chi connectivity index (χ4n) is 2.47. The molecule has 7 heteroatoms. The molecule has 0 fully saturated rings. The van der Waals surface area contributed by atoms with Crippen LogP contribution in [0.5, 0.6) is 0 Å². The van der Waals surface area contributed by atoms with Gasteiger partial charge >= 0.3 is 5.82 Å². The number of thiazole rings is 1. The van der Waals surface area contributed by atoms with Crippen LogP contribution in [0.3, 0.4) is 0 Å². The van der Waals surface area contributed by atoms with E-state index in [2.05, 4.69) is 4.98 Å². The molecule has 5 nitrogen and oxygen atoms in total. The van der Waals surface area contributed by atoms with Crippen LogP contribution in [0.1, 0.15) is 0 Å². The third-order valence-corrected chi connectivity index (χ3v) is 4.69. The van der Waals surface area contributed by atoms with Gasteiger partial charge in [0.1, 0.15) is 0 Å². The van der Waals surface area contributed by atoms with Crippen LogP contribution < -0.4 is 0 Å². The van der Waals surface area contributed by atoms with Crippen LogP contribution in [-0.2, 0) is 0 Å². The van der Waals surface area contributed by atoms with Crippen molar-refractivity contribution < 1.29 is 4.92 Å². The summed E-state index contributed by atoms with van der Waals surface area (Å²) in [6.07, 6.45) is 0. The van der Waals surface area contributed by atoms with Crippen LogP contribution in [0.2, 0.25) is 5.02 Å². The number of fused-ring (bicyclic) bond motifs is 3. The molecule has 4 aromatic rings.